The molecule has 5 nitrogen and oxygen atoms in total. The van der Waals surface area contributed by atoms with Gasteiger partial charge in [-0.3, -0.25) is 4.79 Å². The van der Waals surface area contributed by atoms with E-state index in [1.165, 1.54) is 7.11 Å². The standard InChI is InChI=1S/C19H22B2O5/c1-17(2,25-10-9-24-13-7-5-4-6-8-13)16-18(12-26-18)11-14(20)15(22)19(16,21)23-3/h4-8,11,16H,9-10,12H2,1-3H3/t16-,18+,19-/m1/s1. The zero-order chi connectivity index (χ0) is 19.0. The summed E-state index contributed by atoms with van der Waals surface area (Å²) in [6, 6.07) is 9.48. The van der Waals surface area contributed by atoms with Crippen molar-refractivity contribution < 1.29 is 23.7 Å². The van der Waals surface area contributed by atoms with Crippen molar-refractivity contribution in [2.24, 2.45) is 5.92 Å². The first-order chi connectivity index (χ1) is 12.3. The number of Topliss-reactive ketones (excluding diaryl/α,β-unsaturated/α-hetero) is 1. The summed E-state index contributed by atoms with van der Waals surface area (Å²) in [7, 11) is 13.6. The third kappa shape index (κ3) is 3.36. The van der Waals surface area contributed by atoms with Crippen molar-refractivity contribution in [3.05, 3.63) is 41.9 Å². The van der Waals surface area contributed by atoms with Crippen LogP contribution < -0.4 is 4.74 Å². The van der Waals surface area contributed by atoms with E-state index in [-0.39, 0.29) is 5.47 Å². The Morgan fingerprint density at radius 3 is 2.50 bits per heavy atom. The minimum absolute atomic E-state index is 0.0614. The molecule has 0 bridgehead atoms. The molecule has 1 aromatic carbocycles. The highest BCUT2D eigenvalue weighted by atomic mass is 16.6. The van der Waals surface area contributed by atoms with Gasteiger partial charge in [-0.1, -0.05) is 29.7 Å². The average molecular weight is 352 g/mol. The fourth-order valence-electron chi connectivity index (χ4n) is 3.84. The van der Waals surface area contributed by atoms with Crippen molar-refractivity contribution in [3.8, 4) is 5.75 Å². The van der Waals surface area contributed by atoms with Crippen LogP contribution in [0.15, 0.2) is 41.9 Å². The van der Waals surface area contributed by atoms with Gasteiger partial charge in [-0.2, -0.15) is 0 Å². The lowest BCUT2D eigenvalue weighted by Crippen LogP contribution is -2.64. The minimum Gasteiger partial charge on any atom is -0.491 e. The minimum atomic E-state index is -1.61. The highest BCUT2D eigenvalue weighted by Crippen LogP contribution is 2.52. The average Bonchev–Trinajstić information content (AvgIpc) is 3.36. The lowest BCUT2D eigenvalue weighted by atomic mass is 9.53. The van der Waals surface area contributed by atoms with E-state index in [2.05, 4.69) is 0 Å². The summed E-state index contributed by atoms with van der Waals surface area (Å²) in [5, 5.41) is 0. The van der Waals surface area contributed by atoms with Crippen molar-refractivity contribution in [2.45, 2.75) is 30.5 Å². The molecule has 0 amide bonds. The molecule has 3 rings (SSSR count). The molecular weight excluding hydrogens is 330 g/mol. The first-order valence-corrected chi connectivity index (χ1v) is 8.58. The first kappa shape index (κ1) is 19.2. The van der Waals surface area contributed by atoms with Crippen molar-refractivity contribution in [3.63, 3.8) is 0 Å². The van der Waals surface area contributed by atoms with Crippen molar-refractivity contribution in [2.75, 3.05) is 26.9 Å². The van der Waals surface area contributed by atoms with Crippen LogP contribution in [-0.4, -0.2) is 65.1 Å². The molecule has 1 aliphatic heterocycles. The lowest BCUT2D eigenvalue weighted by Gasteiger charge is -2.49. The largest absolute Gasteiger partial charge is 0.491 e. The first-order valence-electron chi connectivity index (χ1n) is 8.58. The monoisotopic (exact) mass is 352 g/mol. The molecule has 1 aromatic rings. The highest BCUT2D eigenvalue weighted by Gasteiger charge is 2.66. The molecule has 1 aliphatic carbocycles. The highest BCUT2D eigenvalue weighted by molar-refractivity contribution is 6.45. The molecule has 1 fully saturated rings. The van der Waals surface area contributed by atoms with Crippen LogP contribution in [0.25, 0.3) is 0 Å². The quantitative estimate of drug-likeness (QED) is 0.422. The number of hydrogen-bond acceptors (Lipinski definition) is 5. The molecule has 134 valence electrons. The number of epoxide rings is 1. The normalized spacial score (nSPS) is 31.0. The van der Waals surface area contributed by atoms with Gasteiger partial charge in [0, 0.05) is 13.0 Å². The van der Waals surface area contributed by atoms with E-state index < -0.39 is 28.4 Å². The predicted molar refractivity (Wildman–Crippen MR) is 98.5 cm³/mol. The Bertz CT molecular complexity index is 699. The number of carbonyl (C=O) groups excluding carboxylic acids is 1. The molecule has 0 unspecified atom stereocenters. The summed E-state index contributed by atoms with van der Waals surface area (Å²) < 4.78 is 22.8. The van der Waals surface area contributed by atoms with Gasteiger partial charge < -0.3 is 18.9 Å². The maximum atomic E-state index is 12.6. The summed E-state index contributed by atoms with van der Waals surface area (Å²) >= 11 is 0. The van der Waals surface area contributed by atoms with Gasteiger partial charge in [0.25, 0.3) is 0 Å². The van der Waals surface area contributed by atoms with Crippen LogP contribution in [0.4, 0.5) is 0 Å². The molecule has 1 saturated heterocycles. The number of ketones is 1. The van der Waals surface area contributed by atoms with E-state index in [1.54, 1.807) is 6.08 Å². The van der Waals surface area contributed by atoms with Crippen LogP contribution in [0.3, 0.4) is 0 Å². The molecular formula is C19H22B2O5. The zero-order valence-electron chi connectivity index (χ0n) is 15.4. The Labute approximate surface area is 156 Å². The van der Waals surface area contributed by atoms with Gasteiger partial charge in [0.05, 0.1) is 24.3 Å². The third-order valence-electron chi connectivity index (χ3n) is 5.01. The summed E-state index contributed by atoms with van der Waals surface area (Å²) in [6.45, 7) is 4.84. The Morgan fingerprint density at radius 2 is 1.92 bits per heavy atom. The van der Waals surface area contributed by atoms with Gasteiger partial charge in [-0.15, -0.1) is 0 Å². The summed E-state index contributed by atoms with van der Waals surface area (Å²) in [5.41, 5.74) is -3.11. The van der Waals surface area contributed by atoms with E-state index in [0.717, 1.165) is 5.75 Å². The number of hydrogen-bond donors (Lipinski definition) is 0. The van der Waals surface area contributed by atoms with Gasteiger partial charge in [0.1, 0.15) is 33.6 Å². The van der Waals surface area contributed by atoms with Crippen LogP contribution in [0.2, 0.25) is 0 Å². The molecule has 4 radical (unpaired) electrons. The topological polar surface area (TPSA) is 57.3 Å². The molecule has 0 N–H and O–H groups in total. The summed E-state index contributed by atoms with van der Waals surface area (Å²) in [5.74, 6) is -0.239. The van der Waals surface area contributed by atoms with E-state index in [9.17, 15) is 4.79 Å². The van der Waals surface area contributed by atoms with E-state index in [1.807, 2.05) is 44.2 Å². The number of ether oxygens (including phenoxy) is 4. The zero-order valence-corrected chi connectivity index (χ0v) is 15.4. The molecule has 0 saturated carbocycles. The molecule has 7 heteroatoms. The second-order valence-corrected chi connectivity index (χ2v) is 7.22. The van der Waals surface area contributed by atoms with Crippen LogP contribution in [-0.2, 0) is 19.0 Å². The van der Waals surface area contributed by atoms with Crippen LogP contribution >= 0.6 is 0 Å². The smallest absolute Gasteiger partial charge is 0.171 e. The molecule has 0 aromatic heterocycles. The number of methoxy groups -OCH3 is 1. The maximum absolute atomic E-state index is 12.6. The van der Waals surface area contributed by atoms with E-state index in [0.29, 0.717) is 19.8 Å². The summed E-state index contributed by atoms with van der Waals surface area (Å²) in [4.78, 5) is 12.6. The Kier molecular flexibility index (Phi) is 5.08. The van der Waals surface area contributed by atoms with E-state index >= 15 is 0 Å². The fourth-order valence-corrected chi connectivity index (χ4v) is 3.84. The number of carbonyl (C=O) groups is 1. The van der Waals surface area contributed by atoms with Gasteiger partial charge >= 0.3 is 0 Å². The molecule has 1 heterocycles. The number of rotatable bonds is 7. The Balaban J connectivity index is 1.71. The van der Waals surface area contributed by atoms with Gasteiger partial charge in [-0.25, -0.2) is 0 Å². The van der Waals surface area contributed by atoms with Gasteiger partial charge in [-0.05, 0) is 26.0 Å². The molecule has 3 atom stereocenters. The van der Waals surface area contributed by atoms with Crippen LogP contribution in [0.1, 0.15) is 13.8 Å². The van der Waals surface area contributed by atoms with Gasteiger partial charge in [0.2, 0.25) is 0 Å². The SMILES string of the molecule is [B]C1=C[C@]2(CO2)[C@@H](C(C)(C)OCCOc2ccccc2)[C@]([B])(OC)C1=O. The molecule has 26 heavy (non-hydrogen) atoms. The van der Waals surface area contributed by atoms with Crippen LogP contribution in [0, 0.1) is 5.92 Å². The third-order valence-corrected chi connectivity index (χ3v) is 5.01. The predicted octanol–water partition coefficient (Wildman–Crippen LogP) is 1.39. The molecule has 1 spiro atoms. The van der Waals surface area contributed by atoms with Crippen molar-refractivity contribution >= 4 is 21.5 Å². The summed E-state index contributed by atoms with van der Waals surface area (Å²) in [6.07, 6.45) is 1.63. The van der Waals surface area contributed by atoms with Crippen LogP contribution in [0.5, 0.6) is 5.75 Å². The second kappa shape index (κ2) is 6.87. The Hall–Kier alpha value is -1.56. The Morgan fingerprint density at radius 1 is 1.27 bits per heavy atom. The lowest BCUT2D eigenvalue weighted by molar-refractivity contribution is -0.162. The van der Waals surface area contributed by atoms with Gasteiger partial charge in [0.15, 0.2) is 5.78 Å². The fraction of sp³-hybridized carbons (Fsp3) is 0.526. The van der Waals surface area contributed by atoms with Crippen molar-refractivity contribution in [1.29, 1.82) is 0 Å². The maximum Gasteiger partial charge on any atom is 0.171 e. The molecule has 2 aliphatic rings. The van der Waals surface area contributed by atoms with Crippen molar-refractivity contribution in [1.82, 2.24) is 0 Å². The second-order valence-electron chi connectivity index (χ2n) is 7.22. The number of benzene rings is 1. The van der Waals surface area contributed by atoms with E-state index in [4.69, 9.17) is 34.6 Å². The number of para-hydroxylation sites is 1.